The average Bonchev–Trinajstić information content (AvgIpc) is 2.38. The SMILES string of the molecule is Cc1ccc([C@@H]2CC(=O)Oc3cccc(O)c32)cc1. The summed E-state index contributed by atoms with van der Waals surface area (Å²) in [4.78, 5) is 11.7. The number of rotatable bonds is 1. The summed E-state index contributed by atoms with van der Waals surface area (Å²) >= 11 is 0. The number of benzene rings is 2. The summed E-state index contributed by atoms with van der Waals surface area (Å²) < 4.78 is 5.19. The Morgan fingerprint density at radius 2 is 1.89 bits per heavy atom. The van der Waals surface area contributed by atoms with Crippen LogP contribution >= 0.6 is 0 Å². The van der Waals surface area contributed by atoms with Crippen molar-refractivity contribution in [2.45, 2.75) is 19.3 Å². The molecule has 1 atom stereocenters. The molecule has 3 nitrogen and oxygen atoms in total. The van der Waals surface area contributed by atoms with Crippen LogP contribution in [0, 0.1) is 6.92 Å². The predicted octanol–water partition coefficient (Wildman–Crippen LogP) is 3.14. The molecule has 1 aliphatic rings. The molecule has 0 aromatic heterocycles. The van der Waals surface area contributed by atoms with Gasteiger partial charge in [0.1, 0.15) is 11.5 Å². The van der Waals surface area contributed by atoms with Crippen molar-refractivity contribution in [1.82, 2.24) is 0 Å². The Balaban J connectivity index is 2.13. The Morgan fingerprint density at radius 3 is 2.63 bits per heavy atom. The van der Waals surface area contributed by atoms with Crippen LogP contribution < -0.4 is 4.74 Å². The van der Waals surface area contributed by atoms with E-state index in [4.69, 9.17) is 4.74 Å². The molecule has 0 saturated carbocycles. The van der Waals surface area contributed by atoms with Gasteiger partial charge in [0.25, 0.3) is 0 Å². The van der Waals surface area contributed by atoms with E-state index in [1.165, 1.54) is 5.56 Å². The number of esters is 1. The van der Waals surface area contributed by atoms with Gasteiger partial charge in [-0.3, -0.25) is 4.79 Å². The lowest BCUT2D eigenvalue weighted by Gasteiger charge is -2.25. The first-order valence-electron chi connectivity index (χ1n) is 6.24. The van der Waals surface area contributed by atoms with E-state index in [0.717, 1.165) is 5.56 Å². The third-order valence-electron chi connectivity index (χ3n) is 3.47. The first-order chi connectivity index (χ1) is 9.15. The lowest BCUT2D eigenvalue weighted by molar-refractivity contribution is -0.135. The first-order valence-corrected chi connectivity index (χ1v) is 6.24. The maximum atomic E-state index is 11.7. The lowest BCUT2D eigenvalue weighted by atomic mass is 9.85. The Hall–Kier alpha value is -2.29. The molecule has 3 heteroatoms. The zero-order valence-electron chi connectivity index (χ0n) is 10.6. The molecule has 0 spiro atoms. The quantitative estimate of drug-likeness (QED) is 0.628. The third-order valence-corrected chi connectivity index (χ3v) is 3.47. The van der Waals surface area contributed by atoms with Gasteiger partial charge >= 0.3 is 5.97 Å². The van der Waals surface area contributed by atoms with Gasteiger partial charge in [0.15, 0.2) is 0 Å². The minimum atomic E-state index is -0.260. The molecular weight excluding hydrogens is 240 g/mol. The number of aromatic hydroxyl groups is 1. The zero-order chi connectivity index (χ0) is 13.4. The highest BCUT2D eigenvalue weighted by atomic mass is 16.5. The Labute approximate surface area is 111 Å². The van der Waals surface area contributed by atoms with Crippen molar-refractivity contribution in [3.8, 4) is 11.5 Å². The molecule has 96 valence electrons. The molecule has 1 aliphatic heterocycles. The molecule has 2 aromatic carbocycles. The van der Waals surface area contributed by atoms with Gasteiger partial charge in [-0.2, -0.15) is 0 Å². The number of aryl methyl sites for hydroxylation is 1. The number of phenols is 1. The van der Waals surface area contributed by atoms with Crippen LogP contribution in [-0.4, -0.2) is 11.1 Å². The second kappa shape index (κ2) is 4.43. The van der Waals surface area contributed by atoms with Gasteiger partial charge in [-0.05, 0) is 24.6 Å². The topological polar surface area (TPSA) is 46.5 Å². The molecule has 0 amide bonds. The number of phenolic OH excluding ortho intramolecular Hbond substituents is 1. The summed E-state index contributed by atoms with van der Waals surface area (Å²) in [5, 5.41) is 10.0. The van der Waals surface area contributed by atoms with E-state index in [2.05, 4.69) is 0 Å². The highest BCUT2D eigenvalue weighted by molar-refractivity contribution is 5.78. The van der Waals surface area contributed by atoms with E-state index in [1.54, 1.807) is 18.2 Å². The van der Waals surface area contributed by atoms with Crippen LogP contribution in [0.3, 0.4) is 0 Å². The maximum absolute atomic E-state index is 11.7. The van der Waals surface area contributed by atoms with E-state index < -0.39 is 0 Å². The van der Waals surface area contributed by atoms with Crippen LogP contribution in [0.2, 0.25) is 0 Å². The Bertz CT molecular complexity index is 629. The Kier molecular flexibility index (Phi) is 2.75. The fourth-order valence-electron chi connectivity index (χ4n) is 2.49. The first kappa shape index (κ1) is 11.8. The number of carbonyl (C=O) groups is 1. The van der Waals surface area contributed by atoms with E-state index in [-0.39, 0.29) is 24.1 Å². The van der Waals surface area contributed by atoms with Gasteiger partial charge in [0.05, 0.1) is 6.42 Å². The molecule has 19 heavy (non-hydrogen) atoms. The minimum absolute atomic E-state index is 0.141. The van der Waals surface area contributed by atoms with Gasteiger partial charge < -0.3 is 9.84 Å². The molecule has 0 bridgehead atoms. The zero-order valence-corrected chi connectivity index (χ0v) is 10.6. The lowest BCUT2D eigenvalue weighted by Crippen LogP contribution is -2.21. The fraction of sp³-hybridized carbons (Fsp3) is 0.188. The van der Waals surface area contributed by atoms with Gasteiger partial charge in [-0.25, -0.2) is 0 Å². The van der Waals surface area contributed by atoms with Gasteiger partial charge in [0, 0.05) is 11.5 Å². The van der Waals surface area contributed by atoms with E-state index in [9.17, 15) is 9.90 Å². The van der Waals surface area contributed by atoms with Crippen LogP contribution in [0.25, 0.3) is 0 Å². The smallest absolute Gasteiger partial charge is 0.312 e. The van der Waals surface area contributed by atoms with Crippen LogP contribution in [0.1, 0.15) is 29.0 Å². The van der Waals surface area contributed by atoms with Gasteiger partial charge in [-0.1, -0.05) is 35.9 Å². The second-order valence-electron chi connectivity index (χ2n) is 4.83. The number of hydrogen-bond acceptors (Lipinski definition) is 3. The van der Waals surface area contributed by atoms with Crippen LogP contribution in [-0.2, 0) is 4.79 Å². The molecule has 2 aromatic rings. The van der Waals surface area contributed by atoms with E-state index in [0.29, 0.717) is 11.3 Å². The molecule has 0 unspecified atom stereocenters. The molecule has 0 saturated heterocycles. The molecular formula is C16H14O3. The average molecular weight is 254 g/mol. The van der Waals surface area contributed by atoms with Crippen molar-refractivity contribution in [2.75, 3.05) is 0 Å². The molecule has 1 N–H and O–H groups in total. The summed E-state index contributed by atoms with van der Waals surface area (Å²) in [7, 11) is 0. The molecule has 3 rings (SSSR count). The highest BCUT2D eigenvalue weighted by Crippen LogP contribution is 2.43. The van der Waals surface area contributed by atoms with E-state index >= 15 is 0 Å². The van der Waals surface area contributed by atoms with Crippen LogP contribution in [0.4, 0.5) is 0 Å². The highest BCUT2D eigenvalue weighted by Gasteiger charge is 2.30. The summed E-state index contributed by atoms with van der Waals surface area (Å²) in [6, 6.07) is 13.0. The molecule has 0 aliphatic carbocycles. The van der Waals surface area contributed by atoms with Crippen molar-refractivity contribution in [3.63, 3.8) is 0 Å². The largest absolute Gasteiger partial charge is 0.508 e. The monoisotopic (exact) mass is 254 g/mol. The number of ether oxygens (including phenoxy) is 1. The molecule has 0 fully saturated rings. The summed E-state index contributed by atoms with van der Waals surface area (Å²) in [5.41, 5.74) is 2.88. The van der Waals surface area contributed by atoms with Crippen molar-refractivity contribution in [1.29, 1.82) is 0 Å². The molecule has 1 heterocycles. The minimum Gasteiger partial charge on any atom is -0.508 e. The third kappa shape index (κ3) is 2.08. The predicted molar refractivity (Wildman–Crippen MR) is 71.4 cm³/mol. The number of fused-ring (bicyclic) bond motifs is 1. The van der Waals surface area contributed by atoms with Gasteiger partial charge in [-0.15, -0.1) is 0 Å². The standard InChI is InChI=1S/C16H14O3/c1-10-5-7-11(8-6-10)12-9-15(18)19-14-4-2-3-13(17)16(12)14/h2-8,12,17H,9H2,1H3/t12-/m0/s1. The van der Waals surface area contributed by atoms with Crippen LogP contribution in [0.15, 0.2) is 42.5 Å². The van der Waals surface area contributed by atoms with Crippen molar-refractivity contribution in [3.05, 3.63) is 59.2 Å². The van der Waals surface area contributed by atoms with Crippen molar-refractivity contribution >= 4 is 5.97 Å². The number of carbonyl (C=O) groups excluding carboxylic acids is 1. The summed E-state index contributed by atoms with van der Waals surface area (Å²) in [6.07, 6.45) is 0.258. The maximum Gasteiger partial charge on any atom is 0.312 e. The Morgan fingerprint density at radius 1 is 1.16 bits per heavy atom. The fourth-order valence-corrected chi connectivity index (χ4v) is 2.49. The van der Waals surface area contributed by atoms with Gasteiger partial charge in [0.2, 0.25) is 0 Å². The second-order valence-corrected chi connectivity index (χ2v) is 4.83. The summed E-state index contributed by atoms with van der Waals surface area (Å²) in [6.45, 7) is 2.02. The van der Waals surface area contributed by atoms with Crippen LogP contribution in [0.5, 0.6) is 11.5 Å². The summed E-state index contributed by atoms with van der Waals surface area (Å²) in [5.74, 6) is 0.235. The normalized spacial score (nSPS) is 17.7. The van der Waals surface area contributed by atoms with E-state index in [1.807, 2.05) is 31.2 Å². The van der Waals surface area contributed by atoms with Crippen molar-refractivity contribution in [2.24, 2.45) is 0 Å². The molecule has 0 radical (unpaired) electrons. The van der Waals surface area contributed by atoms with Crippen molar-refractivity contribution < 1.29 is 14.6 Å². The number of hydrogen-bond donors (Lipinski definition) is 1.